The summed E-state index contributed by atoms with van der Waals surface area (Å²) in [5.74, 6) is 0.774. The van der Waals surface area contributed by atoms with Gasteiger partial charge >= 0.3 is 0 Å². The Morgan fingerprint density at radius 2 is 2.22 bits per heavy atom. The minimum absolute atomic E-state index is 0.0484. The number of rotatable bonds is 2. The lowest BCUT2D eigenvalue weighted by molar-refractivity contribution is 0.0783. The Morgan fingerprint density at radius 3 is 2.78 bits per heavy atom. The highest BCUT2D eigenvalue weighted by atomic mass is 35.5. The number of nitrogens with two attached hydrogens (primary N) is 1. The zero-order valence-corrected chi connectivity index (χ0v) is 11.3. The van der Waals surface area contributed by atoms with Crippen LogP contribution >= 0.6 is 11.6 Å². The molecule has 0 spiro atoms. The minimum Gasteiger partial charge on any atom is -0.496 e. The van der Waals surface area contributed by atoms with Crippen molar-refractivity contribution in [2.24, 2.45) is 11.7 Å². The molecular formula is C13H17ClN2O2. The smallest absolute Gasteiger partial charge is 0.257 e. The Balaban J connectivity index is 2.24. The Morgan fingerprint density at radius 1 is 1.50 bits per heavy atom. The SMILES string of the molecule is COc1cc(Cl)ccc1C(=O)N1CC(C)C(N)C1. The lowest BCUT2D eigenvalue weighted by Gasteiger charge is -2.17. The van der Waals surface area contributed by atoms with Crippen LogP contribution in [0.1, 0.15) is 17.3 Å². The van der Waals surface area contributed by atoms with E-state index < -0.39 is 0 Å². The molecule has 1 heterocycles. The maximum atomic E-state index is 12.4. The molecule has 2 N–H and O–H groups in total. The van der Waals surface area contributed by atoms with Gasteiger partial charge in [0, 0.05) is 24.2 Å². The second-order valence-electron chi connectivity index (χ2n) is 4.70. The van der Waals surface area contributed by atoms with E-state index in [-0.39, 0.29) is 11.9 Å². The van der Waals surface area contributed by atoms with Gasteiger partial charge in [-0.3, -0.25) is 4.79 Å². The summed E-state index contributed by atoms with van der Waals surface area (Å²) >= 11 is 5.88. The van der Waals surface area contributed by atoms with E-state index in [1.165, 1.54) is 7.11 Å². The van der Waals surface area contributed by atoms with Gasteiger partial charge in [0.15, 0.2) is 0 Å². The van der Waals surface area contributed by atoms with Crippen LogP contribution in [0.2, 0.25) is 5.02 Å². The zero-order valence-electron chi connectivity index (χ0n) is 10.5. The van der Waals surface area contributed by atoms with E-state index in [1.54, 1.807) is 23.1 Å². The number of amides is 1. The van der Waals surface area contributed by atoms with Crippen molar-refractivity contribution in [3.63, 3.8) is 0 Å². The molecule has 1 amide bonds. The average molecular weight is 269 g/mol. The lowest BCUT2D eigenvalue weighted by Crippen LogP contribution is -2.32. The van der Waals surface area contributed by atoms with Crippen molar-refractivity contribution in [1.29, 1.82) is 0 Å². The highest BCUT2D eigenvalue weighted by Crippen LogP contribution is 2.26. The number of carbonyl (C=O) groups excluding carboxylic acids is 1. The van der Waals surface area contributed by atoms with Crippen molar-refractivity contribution in [3.8, 4) is 5.75 Å². The van der Waals surface area contributed by atoms with Crippen molar-refractivity contribution in [1.82, 2.24) is 4.90 Å². The fourth-order valence-electron chi connectivity index (χ4n) is 2.17. The summed E-state index contributed by atoms with van der Waals surface area (Å²) in [4.78, 5) is 14.1. The number of ether oxygens (including phenoxy) is 1. The van der Waals surface area contributed by atoms with Gasteiger partial charge in [-0.1, -0.05) is 18.5 Å². The maximum Gasteiger partial charge on any atom is 0.257 e. The highest BCUT2D eigenvalue weighted by molar-refractivity contribution is 6.30. The summed E-state index contributed by atoms with van der Waals surface area (Å²) in [6, 6.07) is 5.08. The molecule has 4 nitrogen and oxygen atoms in total. The Bertz CT molecular complexity index is 454. The monoisotopic (exact) mass is 268 g/mol. The molecule has 0 radical (unpaired) electrons. The zero-order chi connectivity index (χ0) is 13.3. The molecule has 0 aliphatic carbocycles. The van der Waals surface area contributed by atoms with E-state index in [0.717, 1.165) is 0 Å². The van der Waals surface area contributed by atoms with Crippen molar-refractivity contribution < 1.29 is 9.53 Å². The van der Waals surface area contributed by atoms with E-state index in [4.69, 9.17) is 22.1 Å². The van der Waals surface area contributed by atoms with Crippen LogP contribution in [0.15, 0.2) is 18.2 Å². The number of benzene rings is 1. The van der Waals surface area contributed by atoms with Crippen LogP contribution in [0.4, 0.5) is 0 Å². The number of hydrogen-bond donors (Lipinski definition) is 1. The molecule has 2 rings (SSSR count). The first-order valence-corrected chi connectivity index (χ1v) is 6.29. The predicted octanol–water partition coefficient (Wildman–Crippen LogP) is 1.77. The van der Waals surface area contributed by atoms with Crippen LogP contribution in [0.5, 0.6) is 5.75 Å². The molecule has 1 aliphatic heterocycles. The second-order valence-corrected chi connectivity index (χ2v) is 5.13. The van der Waals surface area contributed by atoms with Crippen molar-refractivity contribution in [2.45, 2.75) is 13.0 Å². The summed E-state index contributed by atoms with van der Waals surface area (Å²) in [6.45, 7) is 3.33. The van der Waals surface area contributed by atoms with E-state index >= 15 is 0 Å². The third-order valence-corrected chi connectivity index (χ3v) is 3.59. The molecule has 5 heteroatoms. The predicted molar refractivity (Wildman–Crippen MR) is 71.0 cm³/mol. The van der Waals surface area contributed by atoms with E-state index in [2.05, 4.69) is 6.92 Å². The fourth-order valence-corrected chi connectivity index (χ4v) is 2.33. The molecule has 18 heavy (non-hydrogen) atoms. The molecule has 1 fully saturated rings. The van der Waals surface area contributed by atoms with E-state index in [9.17, 15) is 4.79 Å². The highest BCUT2D eigenvalue weighted by Gasteiger charge is 2.31. The van der Waals surface area contributed by atoms with Gasteiger partial charge in [0.05, 0.1) is 12.7 Å². The Kier molecular flexibility index (Phi) is 3.78. The van der Waals surface area contributed by atoms with Gasteiger partial charge in [0.2, 0.25) is 0 Å². The van der Waals surface area contributed by atoms with Crippen LogP contribution in [0.3, 0.4) is 0 Å². The van der Waals surface area contributed by atoms with Crippen LogP contribution in [-0.4, -0.2) is 37.0 Å². The van der Waals surface area contributed by atoms with Gasteiger partial charge in [-0.2, -0.15) is 0 Å². The summed E-state index contributed by atoms with van der Waals surface area (Å²) in [7, 11) is 1.53. The van der Waals surface area contributed by atoms with Crippen molar-refractivity contribution in [2.75, 3.05) is 20.2 Å². The molecule has 98 valence electrons. The average Bonchev–Trinajstić information content (AvgIpc) is 2.68. The summed E-state index contributed by atoms with van der Waals surface area (Å²) in [5, 5.41) is 0.551. The third kappa shape index (κ3) is 2.44. The largest absolute Gasteiger partial charge is 0.496 e. The number of nitrogens with zero attached hydrogens (tertiary/aromatic N) is 1. The topological polar surface area (TPSA) is 55.6 Å². The molecule has 1 aromatic rings. The van der Waals surface area contributed by atoms with Crippen LogP contribution in [0, 0.1) is 5.92 Å². The van der Waals surface area contributed by atoms with Gasteiger partial charge in [-0.25, -0.2) is 0 Å². The number of halogens is 1. The van der Waals surface area contributed by atoms with Crippen molar-refractivity contribution >= 4 is 17.5 Å². The lowest BCUT2D eigenvalue weighted by atomic mass is 10.1. The van der Waals surface area contributed by atoms with E-state index in [1.807, 2.05) is 0 Å². The maximum absolute atomic E-state index is 12.4. The van der Waals surface area contributed by atoms with Gasteiger partial charge in [0.25, 0.3) is 5.91 Å². The standard InChI is InChI=1S/C13H17ClN2O2/c1-8-6-16(7-11(8)15)13(17)10-4-3-9(14)5-12(10)18-2/h3-5,8,11H,6-7,15H2,1-2H3. The van der Waals surface area contributed by atoms with Crippen LogP contribution in [0.25, 0.3) is 0 Å². The molecule has 0 saturated carbocycles. The number of carbonyl (C=O) groups is 1. The Hall–Kier alpha value is -1.26. The first kappa shape index (κ1) is 13.2. The molecule has 2 atom stereocenters. The summed E-state index contributed by atoms with van der Waals surface area (Å²) in [6.07, 6.45) is 0. The van der Waals surface area contributed by atoms with Gasteiger partial charge in [-0.15, -0.1) is 0 Å². The molecule has 0 aromatic heterocycles. The van der Waals surface area contributed by atoms with E-state index in [0.29, 0.717) is 35.3 Å². The minimum atomic E-state index is -0.0525. The Labute approximate surface area is 112 Å². The molecule has 1 aromatic carbocycles. The third-order valence-electron chi connectivity index (χ3n) is 3.35. The van der Waals surface area contributed by atoms with Gasteiger partial charge < -0.3 is 15.4 Å². The second kappa shape index (κ2) is 5.16. The van der Waals surface area contributed by atoms with Gasteiger partial charge in [-0.05, 0) is 24.1 Å². The molecule has 0 bridgehead atoms. The summed E-state index contributed by atoms with van der Waals surface area (Å²) in [5.41, 5.74) is 6.46. The molecule has 1 aliphatic rings. The first-order chi connectivity index (χ1) is 8.52. The number of methoxy groups -OCH3 is 1. The normalized spacial score (nSPS) is 23.2. The van der Waals surface area contributed by atoms with Gasteiger partial charge in [0.1, 0.15) is 5.75 Å². The fraction of sp³-hybridized carbons (Fsp3) is 0.462. The molecular weight excluding hydrogens is 252 g/mol. The molecule has 1 saturated heterocycles. The first-order valence-electron chi connectivity index (χ1n) is 5.91. The summed E-state index contributed by atoms with van der Waals surface area (Å²) < 4.78 is 5.20. The van der Waals surface area contributed by atoms with Crippen LogP contribution < -0.4 is 10.5 Å². The molecule has 2 unspecified atom stereocenters. The van der Waals surface area contributed by atoms with Crippen LogP contribution in [-0.2, 0) is 0 Å². The number of likely N-dealkylation sites (tertiary alicyclic amines) is 1. The number of hydrogen-bond acceptors (Lipinski definition) is 3. The van der Waals surface area contributed by atoms with Crippen molar-refractivity contribution in [3.05, 3.63) is 28.8 Å². The quantitative estimate of drug-likeness (QED) is 0.889.